The van der Waals surface area contributed by atoms with Crippen LogP contribution in [0.5, 0.6) is 0 Å². The predicted octanol–water partition coefficient (Wildman–Crippen LogP) is 7.53. The Kier molecular flexibility index (Phi) is 12.9. The van der Waals surface area contributed by atoms with Crippen LogP contribution in [0.25, 0.3) is 0 Å². The molecule has 0 atom stereocenters. The second-order valence-electron chi connectivity index (χ2n) is 11.4. The second-order valence-corrected chi connectivity index (χ2v) is 23.4. The predicted molar refractivity (Wildman–Crippen MR) is 146 cm³/mol. The Morgan fingerprint density at radius 1 is 0.606 bits per heavy atom. The smallest absolute Gasteiger partial charge is 0.269 e. The molecule has 2 aliphatic rings. The van der Waals surface area contributed by atoms with Crippen molar-refractivity contribution in [2.75, 3.05) is 0 Å². The zero-order valence-corrected chi connectivity index (χ0v) is 27.7. The standard InChI is InChI=1S/2C13H24NSi.2FH.Zr/c2*1-11(2)14(12(3)4)15(5,6)13-9-7-8-10-13;;;/h2*7,9,11-12H,8H2,1-6H3;2*1H;. The third-order valence-electron chi connectivity index (χ3n) is 7.00. The third kappa shape index (κ3) is 7.06. The van der Waals surface area contributed by atoms with E-state index in [9.17, 15) is 0 Å². The Bertz CT molecular complexity index is 701. The Morgan fingerprint density at radius 2 is 0.879 bits per heavy atom. The molecule has 0 aromatic rings. The summed E-state index contributed by atoms with van der Waals surface area (Å²) in [5.41, 5.74) is 0. The number of rotatable bonds is 10. The fourth-order valence-electron chi connectivity index (χ4n) is 6.63. The van der Waals surface area contributed by atoms with E-state index in [0.717, 1.165) is 0 Å². The van der Waals surface area contributed by atoms with E-state index >= 15 is 0 Å². The van der Waals surface area contributed by atoms with Crippen molar-refractivity contribution in [1.82, 2.24) is 9.13 Å². The van der Waals surface area contributed by atoms with Gasteiger partial charge in [0.25, 0.3) is 0 Å². The SMILES string of the molecule is CC(C)N(C(C)C)[Si](C)(C)C1=[C]([Zr][C]2=C([Si](C)(C)N(C(C)C)C(C)C)C=CC2)CC=C1.F.F. The number of allylic oxidation sites excluding steroid dienone is 8. The quantitative estimate of drug-likeness (QED) is 0.248. The van der Waals surface area contributed by atoms with Gasteiger partial charge in [0.15, 0.2) is 0 Å². The van der Waals surface area contributed by atoms with Crippen molar-refractivity contribution in [2.45, 2.75) is 119 Å². The van der Waals surface area contributed by atoms with E-state index < -0.39 is 39.7 Å². The van der Waals surface area contributed by atoms with E-state index in [1.54, 1.807) is 10.4 Å². The minimum atomic E-state index is -1.66. The van der Waals surface area contributed by atoms with Gasteiger partial charge in [-0.05, 0) is 0 Å². The van der Waals surface area contributed by atoms with Crippen LogP contribution in [0.3, 0.4) is 0 Å². The molecule has 0 bridgehead atoms. The number of nitrogens with zero attached hydrogens (tertiary/aromatic N) is 2. The molecule has 0 aromatic heterocycles. The summed E-state index contributed by atoms with van der Waals surface area (Å²) < 4.78 is 9.43. The van der Waals surface area contributed by atoms with Crippen LogP contribution in [0.15, 0.2) is 41.3 Å². The molecule has 0 amide bonds. The molecule has 2 aliphatic carbocycles. The molecule has 0 saturated carbocycles. The van der Waals surface area contributed by atoms with Crippen LogP contribution in [-0.2, 0) is 23.2 Å². The summed E-state index contributed by atoms with van der Waals surface area (Å²) >= 11 is -0.755. The van der Waals surface area contributed by atoms with Crippen molar-refractivity contribution in [2.24, 2.45) is 0 Å². The number of halogens is 2. The summed E-state index contributed by atoms with van der Waals surface area (Å²) in [6.45, 7) is 29.5. The fourth-order valence-corrected chi connectivity index (χ4v) is 23.4. The van der Waals surface area contributed by atoms with E-state index in [0.29, 0.717) is 24.2 Å². The molecular formula is C26H50F2N2Si2Zr. The molecule has 7 heteroatoms. The molecule has 0 unspecified atom stereocenters. The molecule has 190 valence electrons. The summed E-state index contributed by atoms with van der Waals surface area (Å²) in [5, 5.41) is 3.54. The third-order valence-corrected chi connectivity index (χ3v) is 20.3. The fraction of sp³-hybridized carbons (Fsp3) is 0.692. The minimum absolute atomic E-state index is 0. The van der Waals surface area contributed by atoms with Crippen molar-refractivity contribution >= 4 is 16.5 Å². The van der Waals surface area contributed by atoms with E-state index in [2.05, 4.69) is 115 Å². The first-order valence-electron chi connectivity index (χ1n) is 12.4. The second kappa shape index (κ2) is 12.8. The number of hydrogen-bond donors (Lipinski definition) is 0. The van der Waals surface area contributed by atoms with Crippen LogP contribution >= 0.6 is 0 Å². The average Bonchev–Trinajstić information content (AvgIpc) is 3.22. The summed E-state index contributed by atoms with van der Waals surface area (Å²) in [6, 6.07) is 2.42. The molecule has 0 radical (unpaired) electrons. The van der Waals surface area contributed by atoms with E-state index in [4.69, 9.17) is 0 Å². The summed E-state index contributed by atoms with van der Waals surface area (Å²) in [7, 11) is -3.32. The van der Waals surface area contributed by atoms with Crippen LogP contribution in [0.2, 0.25) is 26.2 Å². The van der Waals surface area contributed by atoms with Gasteiger partial charge in [-0.15, -0.1) is 0 Å². The van der Waals surface area contributed by atoms with Crippen LogP contribution < -0.4 is 0 Å². The Hall–Kier alpha value is 0.0569. The molecule has 33 heavy (non-hydrogen) atoms. The molecule has 2 nitrogen and oxygen atoms in total. The Labute approximate surface area is 217 Å². The van der Waals surface area contributed by atoms with E-state index in [-0.39, 0.29) is 9.41 Å². The van der Waals surface area contributed by atoms with Crippen molar-refractivity contribution < 1.29 is 32.6 Å². The molecule has 0 aliphatic heterocycles. The van der Waals surface area contributed by atoms with Crippen LogP contribution in [0.4, 0.5) is 9.41 Å². The first-order valence-corrected chi connectivity index (χ1v) is 20.7. The molecular weight excluding hydrogens is 526 g/mol. The molecule has 0 spiro atoms. The summed E-state index contributed by atoms with van der Waals surface area (Å²) in [6.07, 6.45) is 12.4. The van der Waals surface area contributed by atoms with Gasteiger partial charge in [0.05, 0.1) is 0 Å². The van der Waals surface area contributed by atoms with Gasteiger partial charge in [-0.3, -0.25) is 9.41 Å². The maximum absolute atomic E-state index is 2.84. The first kappa shape index (κ1) is 33.1. The van der Waals surface area contributed by atoms with Crippen LogP contribution in [0, 0.1) is 0 Å². The maximum Gasteiger partial charge on any atom is -0.269 e. The van der Waals surface area contributed by atoms with Gasteiger partial charge < -0.3 is 0 Å². The zero-order chi connectivity index (χ0) is 23.7. The van der Waals surface area contributed by atoms with Gasteiger partial charge in [0, 0.05) is 0 Å². The van der Waals surface area contributed by atoms with Gasteiger partial charge >= 0.3 is 209 Å². The molecule has 0 fully saturated rings. The van der Waals surface area contributed by atoms with Crippen LogP contribution in [-0.4, -0.2) is 49.8 Å². The van der Waals surface area contributed by atoms with Crippen molar-refractivity contribution in [3.05, 3.63) is 41.3 Å². The van der Waals surface area contributed by atoms with Gasteiger partial charge in [-0.2, -0.15) is 0 Å². The summed E-state index contributed by atoms with van der Waals surface area (Å²) in [4.78, 5) is 0. The Morgan fingerprint density at radius 3 is 1.12 bits per heavy atom. The van der Waals surface area contributed by atoms with Crippen LogP contribution in [0.1, 0.15) is 68.2 Å². The molecule has 2 rings (SSSR count). The minimum Gasteiger partial charge on any atom is -0.269 e. The Balaban J connectivity index is 0.00000512. The maximum atomic E-state index is 2.84. The molecule has 0 aromatic carbocycles. The van der Waals surface area contributed by atoms with Crippen molar-refractivity contribution in [1.29, 1.82) is 0 Å². The average molecular weight is 576 g/mol. The molecule has 0 saturated heterocycles. The molecule has 0 N–H and O–H groups in total. The first-order chi connectivity index (χ1) is 14.2. The zero-order valence-electron chi connectivity index (χ0n) is 23.2. The van der Waals surface area contributed by atoms with Gasteiger partial charge in [0.2, 0.25) is 0 Å². The van der Waals surface area contributed by atoms with E-state index in [1.807, 2.05) is 6.56 Å². The van der Waals surface area contributed by atoms with Gasteiger partial charge in [-0.1, -0.05) is 0 Å². The largest absolute Gasteiger partial charge is 0.269 e. The van der Waals surface area contributed by atoms with Crippen molar-refractivity contribution in [3.63, 3.8) is 0 Å². The topological polar surface area (TPSA) is 6.48 Å². The van der Waals surface area contributed by atoms with Gasteiger partial charge in [0.1, 0.15) is 0 Å². The normalized spacial score (nSPS) is 16.9. The monoisotopic (exact) mass is 574 g/mol. The van der Waals surface area contributed by atoms with Gasteiger partial charge in [-0.25, -0.2) is 0 Å². The molecule has 0 heterocycles. The van der Waals surface area contributed by atoms with Crippen molar-refractivity contribution in [3.8, 4) is 0 Å². The van der Waals surface area contributed by atoms with E-state index in [1.165, 1.54) is 12.8 Å². The summed E-state index contributed by atoms with van der Waals surface area (Å²) in [5.74, 6) is 0. The number of hydrogen-bond acceptors (Lipinski definition) is 2.